The standard InChI is InChI=1S/C25H28F2N4O3/c1-3-30(4-2)11-6-12-34-25(33)28-22-8-5-7-18(13-22)17-31-24(32)10-9-23(29-31)19-14-20(26)16-21(27)15-19/h5,7-10,13-16H,3-4,6,11-12,17H2,1-2H3,(H,28,33). The molecule has 2 aromatic carbocycles. The van der Waals surface area contributed by atoms with Gasteiger partial charge in [0.1, 0.15) is 11.6 Å². The summed E-state index contributed by atoms with van der Waals surface area (Å²) in [5.74, 6) is -1.46. The highest BCUT2D eigenvalue weighted by molar-refractivity contribution is 5.84. The molecule has 7 nitrogen and oxygen atoms in total. The molecule has 0 aliphatic carbocycles. The number of hydrogen-bond donors (Lipinski definition) is 1. The number of ether oxygens (including phenoxy) is 1. The van der Waals surface area contributed by atoms with Crippen LogP contribution in [0.25, 0.3) is 11.3 Å². The SMILES string of the molecule is CCN(CC)CCCOC(=O)Nc1cccc(Cn2nc(-c3cc(F)cc(F)c3)ccc2=O)c1. The number of benzene rings is 2. The van der Waals surface area contributed by atoms with Crippen molar-refractivity contribution in [3.05, 3.63) is 82.1 Å². The summed E-state index contributed by atoms with van der Waals surface area (Å²) in [6.45, 7) is 7.37. The van der Waals surface area contributed by atoms with Crippen LogP contribution in [-0.2, 0) is 11.3 Å². The van der Waals surface area contributed by atoms with Crippen molar-refractivity contribution in [2.45, 2.75) is 26.8 Å². The Labute approximate surface area is 197 Å². The number of rotatable bonds is 10. The van der Waals surface area contributed by atoms with Gasteiger partial charge in [0.15, 0.2) is 0 Å². The quantitative estimate of drug-likeness (QED) is 0.441. The maximum atomic E-state index is 13.6. The van der Waals surface area contributed by atoms with E-state index >= 15 is 0 Å². The Morgan fingerprint density at radius 3 is 2.50 bits per heavy atom. The van der Waals surface area contributed by atoms with Gasteiger partial charge in [-0.2, -0.15) is 5.10 Å². The van der Waals surface area contributed by atoms with Crippen LogP contribution in [0.2, 0.25) is 0 Å². The minimum Gasteiger partial charge on any atom is -0.449 e. The molecular formula is C25H28F2N4O3. The van der Waals surface area contributed by atoms with Crippen molar-refractivity contribution in [1.29, 1.82) is 0 Å². The molecular weight excluding hydrogens is 442 g/mol. The summed E-state index contributed by atoms with van der Waals surface area (Å²) in [5.41, 5.74) is 1.34. The van der Waals surface area contributed by atoms with Crippen LogP contribution in [0.1, 0.15) is 25.8 Å². The summed E-state index contributed by atoms with van der Waals surface area (Å²) in [6, 6.07) is 12.7. The molecule has 0 radical (unpaired) electrons. The Morgan fingerprint density at radius 1 is 1.06 bits per heavy atom. The van der Waals surface area contributed by atoms with Crippen LogP contribution in [-0.4, -0.2) is 47.0 Å². The Hall–Kier alpha value is -3.59. The van der Waals surface area contributed by atoms with Crippen LogP contribution < -0.4 is 10.9 Å². The molecule has 9 heteroatoms. The van der Waals surface area contributed by atoms with Gasteiger partial charge in [0.25, 0.3) is 5.56 Å². The molecule has 0 saturated carbocycles. The topological polar surface area (TPSA) is 76.5 Å². The lowest BCUT2D eigenvalue weighted by Gasteiger charge is -2.17. The maximum absolute atomic E-state index is 13.6. The molecule has 0 spiro atoms. The maximum Gasteiger partial charge on any atom is 0.411 e. The van der Waals surface area contributed by atoms with Gasteiger partial charge in [0.2, 0.25) is 0 Å². The smallest absolute Gasteiger partial charge is 0.411 e. The second-order valence-electron chi connectivity index (χ2n) is 7.71. The molecule has 3 aromatic rings. The zero-order valence-electron chi connectivity index (χ0n) is 19.3. The van der Waals surface area contributed by atoms with E-state index in [1.165, 1.54) is 16.8 Å². The highest BCUT2D eigenvalue weighted by atomic mass is 19.1. The fraction of sp³-hybridized carbons (Fsp3) is 0.320. The number of carbonyl (C=O) groups excluding carboxylic acids is 1. The fourth-order valence-electron chi connectivity index (χ4n) is 3.49. The van der Waals surface area contributed by atoms with Gasteiger partial charge >= 0.3 is 6.09 Å². The number of carbonyl (C=O) groups is 1. The van der Waals surface area contributed by atoms with Crippen LogP contribution in [0.4, 0.5) is 19.3 Å². The van der Waals surface area contributed by atoms with E-state index in [0.717, 1.165) is 44.3 Å². The van der Waals surface area contributed by atoms with Crippen LogP contribution in [0.3, 0.4) is 0 Å². The number of aromatic nitrogens is 2. The molecule has 0 fully saturated rings. The summed E-state index contributed by atoms with van der Waals surface area (Å²) in [5, 5.41) is 6.93. The lowest BCUT2D eigenvalue weighted by molar-refractivity contribution is 0.153. The van der Waals surface area contributed by atoms with Gasteiger partial charge < -0.3 is 9.64 Å². The van der Waals surface area contributed by atoms with Gasteiger partial charge in [0.05, 0.1) is 18.8 Å². The Bertz CT molecular complexity index is 1160. The third-order valence-corrected chi connectivity index (χ3v) is 5.28. The second kappa shape index (κ2) is 12.0. The van der Waals surface area contributed by atoms with Crippen LogP contribution in [0.15, 0.2) is 59.4 Å². The molecule has 0 aliphatic rings. The average Bonchev–Trinajstić information content (AvgIpc) is 2.80. The normalized spacial score (nSPS) is 11.0. The van der Waals surface area contributed by atoms with Gasteiger partial charge in [-0.25, -0.2) is 18.3 Å². The van der Waals surface area contributed by atoms with Gasteiger partial charge in [-0.1, -0.05) is 26.0 Å². The van der Waals surface area contributed by atoms with E-state index in [0.29, 0.717) is 17.9 Å². The van der Waals surface area contributed by atoms with Gasteiger partial charge in [-0.05, 0) is 55.4 Å². The Morgan fingerprint density at radius 2 is 1.79 bits per heavy atom. The summed E-state index contributed by atoms with van der Waals surface area (Å²) >= 11 is 0. The average molecular weight is 471 g/mol. The molecule has 0 atom stereocenters. The predicted molar refractivity (Wildman–Crippen MR) is 127 cm³/mol. The van der Waals surface area contributed by atoms with Crippen LogP contribution >= 0.6 is 0 Å². The van der Waals surface area contributed by atoms with E-state index in [4.69, 9.17) is 4.74 Å². The summed E-state index contributed by atoms with van der Waals surface area (Å²) in [7, 11) is 0. The van der Waals surface area contributed by atoms with E-state index in [9.17, 15) is 18.4 Å². The molecule has 0 saturated heterocycles. The van der Waals surface area contributed by atoms with Crippen molar-refractivity contribution in [2.75, 3.05) is 31.6 Å². The number of anilines is 1. The summed E-state index contributed by atoms with van der Waals surface area (Å²) in [4.78, 5) is 26.7. The zero-order chi connectivity index (χ0) is 24.5. The number of nitrogens with one attached hydrogen (secondary N) is 1. The highest BCUT2D eigenvalue weighted by Crippen LogP contribution is 2.19. The first kappa shape index (κ1) is 25.0. The third-order valence-electron chi connectivity index (χ3n) is 5.28. The van der Waals surface area contributed by atoms with Gasteiger partial charge in [-0.15, -0.1) is 0 Å². The molecule has 0 aliphatic heterocycles. The Kier molecular flexibility index (Phi) is 8.86. The molecule has 1 heterocycles. The molecule has 0 unspecified atom stereocenters. The van der Waals surface area contributed by atoms with Crippen molar-refractivity contribution in [3.8, 4) is 11.3 Å². The monoisotopic (exact) mass is 470 g/mol. The lowest BCUT2D eigenvalue weighted by atomic mass is 10.1. The summed E-state index contributed by atoms with van der Waals surface area (Å²) < 4.78 is 33.6. The van der Waals surface area contributed by atoms with Crippen molar-refractivity contribution in [2.24, 2.45) is 0 Å². The van der Waals surface area contributed by atoms with E-state index in [1.54, 1.807) is 24.3 Å². The lowest BCUT2D eigenvalue weighted by Crippen LogP contribution is -2.25. The van der Waals surface area contributed by atoms with Crippen LogP contribution in [0, 0.1) is 11.6 Å². The first-order valence-corrected chi connectivity index (χ1v) is 11.2. The molecule has 3 rings (SSSR count). The second-order valence-corrected chi connectivity index (χ2v) is 7.71. The van der Waals surface area contributed by atoms with Gasteiger partial charge in [-0.3, -0.25) is 10.1 Å². The molecule has 34 heavy (non-hydrogen) atoms. The molecule has 1 aromatic heterocycles. The minimum absolute atomic E-state index is 0.110. The number of nitrogens with zero attached hydrogens (tertiary/aromatic N) is 3. The predicted octanol–water partition coefficient (Wildman–Crippen LogP) is 4.52. The van der Waals surface area contributed by atoms with Crippen molar-refractivity contribution >= 4 is 11.8 Å². The Balaban J connectivity index is 1.64. The van der Waals surface area contributed by atoms with Gasteiger partial charge in [0, 0.05) is 29.9 Å². The number of halogens is 2. The zero-order valence-corrected chi connectivity index (χ0v) is 19.3. The number of amides is 1. The van der Waals surface area contributed by atoms with Crippen molar-refractivity contribution < 1.29 is 18.3 Å². The first-order valence-electron chi connectivity index (χ1n) is 11.2. The molecule has 180 valence electrons. The van der Waals surface area contributed by atoms with E-state index in [1.807, 2.05) is 0 Å². The molecule has 1 N–H and O–H groups in total. The number of hydrogen-bond acceptors (Lipinski definition) is 5. The molecule has 0 bridgehead atoms. The highest BCUT2D eigenvalue weighted by Gasteiger charge is 2.09. The molecule has 1 amide bonds. The van der Waals surface area contributed by atoms with E-state index < -0.39 is 17.7 Å². The largest absolute Gasteiger partial charge is 0.449 e. The van der Waals surface area contributed by atoms with Crippen molar-refractivity contribution in [3.63, 3.8) is 0 Å². The third kappa shape index (κ3) is 7.21. The van der Waals surface area contributed by atoms with E-state index in [2.05, 4.69) is 29.2 Å². The van der Waals surface area contributed by atoms with E-state index in [-0.39, 0.29) is 23.4 Å². The minimum atomic E-state index is -0.728. The first-order chi connectivity index (χ1) is 16.4. The fourth-order valence-corrected chi connectivity index (χ4v) is 3.49. The van der Waals surface area contributed by atoms with Crippen molar-refractivity contribution in [1.82, 2.24) is 14.7 Å². The summed E-state index contributed by atoms with van der Waals surface area (Å²) in [6.07, 6.45) is 0.192. The van der Waals surface area contributed by atoms with Crippen LogP contribution in [0.5, 0.6) is 0 Å².